The Bertz CT molecular complexity index is 1190. The van der Waals surface area contributed by atoms with Crippen molar-refractivity contribution in [2.24, 2.45) is 0 Å². The number of rotatable bonds is 6. The van der Waals surface area contributed by atoms with E-state index in [1.54, 1.807) is 6.07 Å². The summed E-state index contributed by atoms with van der Waals surface area (Å²) in [5.74, 6) is -0.615. The average molecular weight is 467 g/mol. The van der Waals surface area contributed by atoms with Crippen molar-refractivity contribution in [2.75, 3.05) is 42.6 Å². The number of benzene rings is 3. The highest BCUT2D eigenvalue weighted by molar-refractivity contribution is 5.89. The molecule has 2 aliphatic rings. The van der Waals surface area contributed by atoms with Gasteiger partial charge in [0.05, 0.1) is 18.8 Å². The molecular formula is C26H27FN2O5. The maximum atomic E-state index is 14.7. The van der Waals surface area contributed by atoms with E-state index in [9.17, 15) is 14.3 Å². The third-order valence-corrected chi connectivity index (χ3v) is 6.59. The number of hydrogen-bond acceptors (Lipinski definition) is 6. The Hall–Kier alpha value is -3.36. The molecule has 0 saturated carbocycles. The summed E-state index contributed by atoms with van der Waals surface area (Å²) < 4.78 is 25.3. The summed E-state index contributed by atoms with van der Waals surface area (Å²) in [6, 6.07) is 18.8. The Morgan fingerprint density at radius 3 is 2.47 bits per heavy atom. The smallest absolute Gasteiger partial charge is 0.414 e. The highest BCUT2D eigenvalue weighted by Crippen LogP contribution is 2.31. The largest absolute Gasteiger partial charge is 0.488 e. The minimum Gasteiger partial charge on any atom is -0.488 e. The van der Waals surface area contributed by atoms with Crippen LogP contribution < -0.4 is 14.5 Å². The zero-order valence-electron chi connectivity index (χ0n) is 18.7. The van der Waals surface area contributed by atoms with E-state index in [2.05, 4.69) is 35.2 Å². The van der Waals surface area contributed by atoms with Gasteiger partial charge in [-0.1, -0.05) is 30.3 Å². The van der Waals surface area contributed by atoms with Crippen LogP contribution in [0.2, 0.25) is 0 Å². The number of hydrogen-bond donors (Lipinski definition) is 2. The van der Waals surface area contributed by atoms with Crippen molar-refractivity contribution in [3.05, 3.63) is 66.5 Å². The molecule has 1 atom stereocenters. The summed E-state index contributed by atoms with van der Waals surface area (Å²) >= 11 is 0. The first-order chi connectivity index (χ1) is 16.4. The average Bonchev–Trinajstić information content (AvgIpc) is 3.24. The molecule has 2 aliphatic heterocycles. The summed E-state index contributed by atoms with van der Waals surface area (Å²) in [5, 5.41) is 22.5. The molecule has 0 spiro atoms. The van der Waals surface area contributed by atoms with Gasteiger partial charge in [0, 0.05) is 24.8 Å². The Balaban J connectivity index is 1.19. The SMILES string of the molecule is O=C1O[C@@H](CO)CN1c1ccc(OCC2(O)CCN(c3ccc4ccccc4c3)CC2)c(F)c1. The van der Waals surface area contributed by atoms with Crippen molar-refractivity contribution in [3.63, 3.8) is 0 Å². The van der Waals surface area contributed by atoms with Gasteiger partial charge < -0.3 is 24.6 Å². The van der Waals surface area contributed by atoms with E-state index in [-0.39, 0.29) is 25.5 Å². The lowest BCUT2D eigenvalue weighted by Gasteiger charge is -2.39. The van der Waals surface area contributed by atoms with Crippen molar-refractivity contribution < 1.29 is 28.9 Å². The van der Waals surface area contributed by atoms with Gasteiger partial charge in [-0.15, -0.1) is 0 Å². The Kier molecular flexibility index (Phi) is 6.02. The van der Waals surface area contributed by atoms with Crippen molar-refractivity contribution in [1.29, 1.82) is 0 Å². The van der Waals surface area contributed by atoms with E-state index in [1.165, 1.54) is 27.8 Å². The topological polar surface area (TPSA) is 82.5 Å². The fourth-order valence-electron chi connectivity index (χ4n) is 4.51. The summed E-state index contributed by atoms with van der Waals surface area (Å²) in [4.78, 5) is 15.4. The standard InChI is InChI=1S/C26H27FN2O5/c27-23-14-21(29-15-22(16-30)34-25(29)31)7-8-24(23)33-17-26(32)9-11-28(12-10-26)20-6-5-18-3-1-2-4-19(18)13-20/h1-8,13-14,22,30,32H,9-12,15-17H2/t22-/m1/s1. The normalized spacial score (nSPS) is 20.0. The van der Waals surface area contributed by atoms with E-state index in [0.717, 1.165) is 5.69 Å². The fraction of sp³-hybridized carbons (Fsp3) is 0.346. The number of aliphatic hydroxyl groups excluding tert-OH is 1. The number of nitrogens with zero attached hydrogens (tertiary/aromatic N) is 2. The van der Waals surface area contributed by atoms with Crippen LogP contribution in [0, 0.1) is 5.82 Å². The number of piperidine rings is 1. The first-order valence-corrected chi connectivity index (χ1v) is 11.4. The number of ether oxygens (including phenoxy) is 2. The third kappa shape index (κ3) is 4.51. The van der Waals surface area contributed by atoms with Crippen LogP contribution in [-0.4, -0.2) is 60.9 Å². The monoisotopic (exact) mass is 466 g/mol. The summed E-state index contributed by atoms with van der Waals surface area (Å²) in [6.45, 7) is 1.18. The quantitative estimate of drug-likeness (QED) is 0.577. The maximum Gasteiger partial charge on any atom is 0.414 e. The molecule has 2 heterocycles. The van der Waals surface area contributed by atoms with Crippen LogP contribution in [0.3, 0.4) is 0 Å². The van der Waals surface area contributed by atoms with E-state index in [1.807, 2.05) is 12.1 Å². The van der Waals surface area contributed by atoms with E-state index in [0.29, 0.717) is 31.6 Å². The number of halogens is 1. The van der Waals surface area contributed by atoms with Crippen LogP contribution in [-0.2, 0) is 4.74 Å². The lowest BCUT2D eigenvalue weighted by atomic mass is 9.92. The number of carbonyl (C=O) groups excluding carboxylic acids is 1. The van der Waals surface area contributed by atoms with Gasteiger partial charge in [-0.2, -0.15) is 0 Å². The van der Waals surface area contributed by atoms with Crippen molar-refractivity contribution >= 4 is 28.2 Å². The Morgan fingerprint density at radius 1 is 1.03 bits per heavy atom. The molecule has 0 radical (unpaired) electrons. The zero-order valence-corrected chi connectivity index (χ0v) is 18.7. The highest BCUT2D eigenvalue weighted by Gasteiger charge is 2.34. The predicted octanol–water partition coefficient (Wildman–Crippen LogP) is 3.71. The van der Waals surface area contributed by atoms with E-state index in [4.69, 9.17) is 14.6 Å². The molecule has 1 amide bonds. The van der Waals surface area contributed by atoms with Gasteiger partial charge >= 0.3 is 6.09 Å². The minimum atomic E-state index is -1.05. The van der Waals surface area contributed by atoms with E-state index < -0.39 is 23.6 Å². The van der Waals surface area contributed by atoms with Gasteiger partial charge in [-0.25, -0.2) is 9.18 Å². The predicted molar refractivity (Wildman–Crippen MR) is 127 cm³/mol. The lowest BCUT2D eigenvalue weighted by molar-refractivity contribution is -0.0249. The second kappa shape index (κ2) is 9.12. The summed E-state index contributed by atoms with van der Waals surface area (Å²) in [6.07, 6.45) is -0.246. The van der Waals surface area contributed by atoms with Crippen LogP contribution >= 0.6 is 0 Å². The third-order valence-electron chi connectivity index (χ3n) is 6.59. The van der Waals surface area contributed by atoms with Gasteiger partial charge in [0.15, 0.2) is 11.6 Å². The van der Waals surface area contributed by atoms with Crippen LogP contribution in [0.15, 0.2) is 60.7 Å². The molecule has 5 rings (SSSR count). The van der Waals surface area contributed by atoms with Gasteiger partial charge in [-0.3, -0.25) is 4.90 Å². The molecule has 2 fully saturated rings. The molecule has 0 aliphatic carbocycles. The summed E-state index contributed by atoms with van der Waals surface area (Å²) in [7, 11) is 0. The zero-order chi connectivity index (χ0) is 23.7. The van der Waals surface area contributed by atoms with Crippen molar-refractivity contribution in [3.8, 4) is 5.75 Å². The molecule has 0 bridgehead atoms. The lowest BCUT2D eigenvalue weighted by Crippen LogP contribution is -2.48. The fourth-order valence-corrected chi connectivity index (χ4v) is 4.51. The molecule has 3 aromatic rings. The number of aliphatic hydroxyl groups is 2. The highest BCUT2D eigenvalue weighted by atomic mass is 19.1. The van der Waals surface area contributed by atoms with Crippen molar-refractivity contribution in [1.82, 2.24) is 0 Å². The second-order valence-electron chi connectivity index (χ2n) is 8.95. The van der Waals surface area contributed by atoms with E-state index >= 15 is 0 Å². The Morgan fingerprint density at radius 2 is 1.76 bits per heavy atom. The number of carbonyl (C=O) groups is 1. The molecular weight excluding hydrogens is 439 g/mol. The van der Waals surface area contributed by atoms with Crippen LogP contribution in [0.25, 0.3) is 10.8 Å². The number of anilines is 2. The molecule has 0 unspecified atom stereocenters. The molecule has 178 valence electrons. The number of cyclic esters (lactones) is 1. The molecule has 34 heavy (non-hydrogen) atoms. The maximum absolute atomic E-state index is 14.7. The number of amides is 1. The van der Waals surface area contributed by atoms with Gasteiger partial charge in [0.1, 0.15) is 18.3 Å². The minimum absolute atomic E-state index is 0.0143. The van der Waals surface area contributed by atoms with Gasteiger partial charge in [0.25, 0.3) is 0 Å². The van der Waals surface area contributed by atoms with Crippen molar-refractivity contribution in [2.45, 2.75) is 24.5 Å². The summed E-state index contributed by atoms with van der Waals surface area (Å²) in [5.41, 5.74) is 0.395. The van der Waals surface area contributed by atoms with Crippen LogP contribution in [0.1, 0.15) is 12.8 Å². The first-order valence-electron chi connectivity index (χ1n) is 11.4. The molecule has 3 aromatic carbocycles. The molecule has 2 saturated heterocycles. The molecule has 0 aromatic heterocycles. The first kappa shape index (κ1) is 22.4. The molecule has 2 N–H and O–H groups in total. The van der Waals surface area contributed by atoms with Crippen LogP contribution in [0.5, 0.6) is 5.75 Å². The molecule has 7 nitrogen and oxygen atoms in total. The Labute approximate surface area is 196 Å². The van der Waals surface area contributed by atoms with Crippen LogP contribution in [0.4, 0.5) is 20.6 Å². The van der Waals surface area contributed by atoms with Gasteiger partial charge in [-0.05, 0) is 47.9 Å². The second-order valence-corrected chi connectivity index (χ2v) is 8.95. The molecule has 8 heteroatoms. The van der Waals surface area contributed by atoms with Gasteiger partial charge in [0.2, 0.25) is 0 Å². The number of fused-ring (bicyclic) bond motifs is 1.